The Kier molecular flexibility index (Phi) is 3.41. The van der Waals surface area contributed by atoms with Crippen LogP contribution in [0.3, 0.4) is 0 Å². The lowest BCUT2D eigenvalue weighted by Crippen LogP contribution is -2.18. The van der Waals surface area contributed by atoms with Gasteiger partial charge in [0.15, 0.2) is 17.0 Å². The van der Waals surface area contributed by atoms with Crippen LogP contribution in [0.25, 0.3) is 11.2 Å². The minimum Gasteiger partial charge on any atom is -0.468 e. The molecule has 3 aromatic heterocycles. The molecule has 0 unspecified atom stereocenters. The molecule has 0 saturated carbocycles. The number of anilines is 1. The summed E-state index contributed by atoms with van der Waals surface area (Å²) in [4.78, 5) is 21.8. The van der Waals surface area contributed by atoms with E-state index in [1.165, 1.54) is 7.11 Å². The number of thiazole rings is 1. The SMILES string of the molecule is COc1nc2c(N(C)Cc3nccs3)nc(Cl)nc2[nH]1. The molecule has 0 spiro atoms. The van der Waals surface area contributed by atoms with Crippen molar-refractivity contribution in [1.29, 1.82) is 0 Å². The number of aromatic nitrogens is 5. The van der Waals surface area contributed by atoms with Gasteiger partial charge in [-0.3, -0.25) is 4.98 Å². The minimum absolute atomic E-state index is 0.157. The molecule has 0 aliphatic rings. The van der Waals surface area contributed by atoms with Crippen LogP contribution in [0, 0.1) is 0 Å². The minimum atomic E-state index is 0.157. The molecule has 104 valence electrons. The van der Waals surface area contributed by atoms with Crippen LogP contribution in [0.15, 0.2) is 11.6 Å². The van der Waals surface area contributed by atoms with Gasteiger partial charge >= 0.3 is 0 Å². The van der Waals surface area contributed by atoms with Gasteiger partial charge in [0.05, 0.1) is 13.7 Å². The van der Waals surface area contributed by atoms with Gasteiger partial charge in [0.2, 0.25) is 5.28 Å². The summed E-state index contributed by atoms with van der Waals surface area (Å²) in [6.45, 7) is 0.620. The monoisotopic (exact) mass is 310 g/mol. The molecule has 0 aromatic carbocycles. The molecular weight excluding hydrogens is 300 g/mol. The van der Waals surface area contributed by atoms with E-state index in [1.807, 2.05) is 17.3 Å². The zero-order chi connectivity index (χ0) is 14.1. The number of halogens is 1. The van der Waals surface area contributed by atoms with Gasteiger partial charge in [0.25, 0.3) is 6.01 Å². The van der Waals surface area contributed by atoms with Crippen LogP contribution >= 0.6 is 22.9 Å². The first kappa shape index (κ1) is 13.1. The molecule has 7 nitrogen and oxygen atoms in total. The number of nitrogens with one attached hydrogen (secondary N) is 1. The van der Waals surface area contributed by atoms with Crippen LogP contribution in [-0.2, 0) is 6.54 Å². The molecule has 0 bridgehead atoms. The molecule has 0 aliphatic heterocycles. The predicted octanol–water partition coefficient (Wildman–Crippen LogP) is 2.11. The predicted molar refractivity (Wildman–Crippen MR) is 77.5 cm³/mol. The summed E-state index contributed by atoms with van der Waals surface area (Å²) in [6, 6.07) is 0.375. The standard InChI is InChI=1S/C11H11ClN6OS/c1-18(5-6-13-3-4-20-6)9-7-8(15-10(12)17-9)16-11(14-7)19-2/h3-4H,5H2,1-2H3,(H,14,15,16,17). The van der Waals surface area contributed by atoms with E-state index in [0.717, 1.165) is 5.01 Å². The van der Waals surface area contributed by atoms with Crippen molar-refractivity contribution in [1.82, 2.24) is 24.9 Å². The second-order valence-corrected chi connectivity index (χ2v) is 5.36. The lowest BCUT2D eigenvalue weighted by atomic mass is 10.4. The Balaban J connectivity index is 2.02. The number of aromatic amines is 1. The van der Waals surface area contributed by atoms with Crippen LogP contribution in [0.4, 0.5) is 5.82 Å². The summed E-state index contributed by atoms with van der Waals surface area (Å²) in [7, 11) is 3.44. The fourth-order valence-corrected chi connectivity index (χ4v) is 2.64. The van der Waals surface area contributed by atoms with Gasteiger partial charge in [-0.25, -0.2) is 4.98 Å². The van der Waals surface area contributed by atoms with Crippen molar-refractivity contribution in [3.8, 4) is 6.01 Å². The highest BCUT2D eigenvalue weighted by atomic mass is 35.5. The number of hydrogen-bond acceptors (Lipinski definition) is 7. The summed E-state index contributed by atoms with van der Waals surface area (Å²) in [5.41, 5.74) is 1.16. The van der Waals surface area contributed by atoms with Crippen molar-refractivity contribution in [3.63, 3.8) is 0 Å². The highest BCUT2D eigenvalue weighted by molar-refractivity contribution is 7.09. The third-order valence-corrected chi connectivity index (χ3v) is 3.62. The van der Waals surface area contributed by atoms with Crippen LogP contribution < -0.4 is 9.64 Å². The van der Waals surface area contributed by atoms with Crippen LogP contribution in [0.1, 0.15) is 5.01 Å². The molecule has 0 fully saturated rings. The van der Waals surface area contributed by atoms with E-state index in [1.54, 1.807) is 17.5 Å². The van der Waals surface area contributed by atoms with Crippen molar-refractivity contribution in [2.45, 2.75) is 6.54 Å². The van der Waals surface area contributed by atoms with E-state index in [0.29, 0.717) is 29.5 Å². The average molecular weight is 311 g/mol. The van der Waals surface area contributed by atoms with Crippen LogP contribution in [-0.4, -0.2) is 39.1 Å². The molecular formula is C11H11ClN6OS. The molecule has 9 heteroatoms. The normalized spacial score (nSPS) is 10.9. The van der Waals surface area contributed by atoms with E-state index in [2.05, 4.69) is 24.9 Å². The molecule has 0 atom stereocenters. The number of imidazole rings is 1. The highest BCUT2D eigenvalue weighted by Crippen LogP contribution is 2.26. The first-order valence-corrected chi connectivity index (χ1v) is 7.00. The van der Waals surface area contributed by atoms with Crippen molar-refractivity contribution >= 4 is 39.9 Å². The van der Waals surface area contributed by atoms with Gasteiger partial charge in [-0.2, -0.15) is 15.0 Å². The van der Waals surface area contributed by atoms with Crippen molar-refractivity contribution in [3.05, 3.63) is 21.9 Å². The van der Waals surface area contributed by atoms with E-state index in [4.69, 9.17) is 16.3 Å². The Morgan fingerprint density at radius 2 is 2.25 bits per heavy atom. The van der Waals surface area contributed by atoms with Gasteiger partial charge < -0.3 is 9.64 Å². The van der Waals surface area contributed by atoms with E-state index in [-0.39, 0.29) is 5.28 Å². The Morgan fingerprint density at radius 1 is 1.40 bits per heavy atom. The third kappa shape index (κ3) is 2.39. The summed E-state index contributed by atoms with van der Waals surface area (Å²) in [5, 5.41) is 3.08. The zero-order valence-electron chi connectivity index (χ0n) is 10.8. The highest BCUT2D eigenvalue weighted by Gasteiger charge is 2.16. The molecule has 3 aromatic rings. The summed E-state index contributed by atoms with van der Waals surface area (Å²) in [5.74, 6) is 0.634. The van der Waals surface area contributed by atoms with Crippen LogP contribution in [0.2, 0.25) is 5.28 Å². The Morgan fingerprint density at radius 3 is 2.95 bits per heavy atom. The fourth-order valence-electron chi connectivity index (χ4n) is 1.81. The lowest BCUT2D eigenvalue weighted by Gasteiger charge is -2.16. The summed E-state index contributed by atoms with van der Waals surface area (Å²) >= 11 is 7.53. The number of nitrogens with zero attached hydrogens (tertiary/aromatic N) is 5. The van der Waals surface area contributed by atoms with Crippen molar-refractivity contribution in [2.75, 3.05) is 19.1 Å². The largest absolute Gasteiger partial charge is 0.468 e. The van der Waals surface area contributed by atoms with E-state index >= 15 is 0 Å². The second kappa shape index (κ2) is 5.22. The first-order valence-electron chi connectivity index (χ1n) is 5.74. The lowest BCUT2D eigenvalue weighted by molar-refractivity contribution is 0.386. The molecule has 3 heterocycles. The molecule has 0 saturated heterocycles. The fraction of sp³-hybridized carbons (Fsp3) is 0.273. The molecule has 3 rings (SSSR count). The molecule has 1 N–H and O–H groups in total. The molecule has 20 heavy (non-hydrogen) atoms. The number of hydrogen-bond donors (Lipinski definition) is 1. The second-order valence-electron chi connectivity index (χ2n) is 4.04. The van der Waals surface area contributed by atoms with E-state index in [9.17, 15) is 0 Å². The molecule has 0 amide bonds. The zero-order valence-corrected chi connectivity index (χ0v) is 12.4. The Labute approximate surface area is 123 Å². The average Bonchev–Trinajstić information content (AvgIpc) is 3.06. The Hall–Kier alpha value is -1.93. The van der Waals surface area contributed by atoms with Gasteiger partial charge in [-0.15, -0.1) is 11.3 Å². The number of fused-ring (bicyclic) bond motifs is 1. The van der Waals surface area contributed by atoms with Crippen molar-refractivity contribution < 1.29 is 4.74 Å². The van der Waals surface area contributed by atoms with E-state index < -0.39 is 0 Å². The number of H-pyrrole nitrogens is 1. The number of rotatable bonds is 4. The third-order valence-electron chi connectivity index (χ3n) is 2.69. The van der Waals surface area contributed by atoms with Crippen LogP contribution in [0.5, 0.6) is 6.01 Å². The quantitative estimate of drug-likeness (QED) is 0.743. The number of methoxy groups -OCH3 is 1. The molecule has 0 radical (unpaired) electrons. The molecule has 0 aliphatic carbocycles. The topological polar surface area (TPSA) is 79.8 Å². The maximum atomic E-state index is 5.95. The first-order chi connectivity index (χ1) is 9.67. The van der Waals surface area contributed by atoms with Crippen molar-refractivity contribution in [2.24, 2.45) is 0 Å². The maximum absolute atomic E-state index is 5.95. The summed E-state index contributed by atoms with van der Waals surface area (Å²) < 4.78 is 5.07. The van der Waals surface area contributed by atoms with Gasteiger partial charge in [-0.1, -0.05) is 0 Å². The van der Waals surface area contributed by atoms with Gasteiger partial charge in [0.1, 0.15) is 5.01 Å². The van der Waals surface area contributed by atoms with Gasteiger partial charge in [0, 0.05) is 18.6 Å². The summed E-state index contributed by atoms with van der Waals surface area (Å²) in [6.07, 6.45) is 1.77. The number of ether oxygens (including phenoxy) is 1. The van der Waals surface area contributed by atoms with Gasteiger partial charge in [-0.05, 0) is 11.6 Å². The smallest absolute Gasteiger partial charge is 0.295 e. The Bertz CT molecular complexity index is 728. The maximum Gasteiger partial charge on any atom is 0.295 e.